The molecule has 0 bridgehead atoms. The molecule has 218 valence electrons. The lowest BCUT2D eigenvalue weighted by Crippen LogP contribution is -2.46. The predicted molar refractivity (Wildman–Crippen MR) is 160 cm³/mol. The average Bonchev–Trinajstić information content (AvgIpc) is 3.26. The van der Waals surface area contributed by atoms with Crippen LogP contribution in [0, 0.1) is 11.3 Å². The number of β-amino-alcohol motifs (C(OH)–C–C–N with tert-alkyl or cyclic N) is 1. The lowest BCUT2D eigenvalue weighted by molar-refractivity contribution is 0.0129. The van der Waals surface area contributed by atoms with E-state index in [1.165, 1.54) is 22.5 Å². The van der Waals surface area contributed by atoms with E-state index in [1.54, 1.807) is 18.2 Å². The fourth-order valence-electron chi connectivity index (χ4n) is 4.78. The molecule has 2 fully saturated rings. The van der Waals surface area contributed by atoms with Gasteiger partial charge in [-0.1, -0.05) is 23.2 Å². The fraction of sp³-hybridized carbons (Fsp3) is 0.536. The Hall–Kier alpha value is -1.55. The average molecular weight is 630 g/mol. The van der Waals surface area contributed by atoms with Gasteiger partial charge in [-0.15, -0.1) is 0 Å². The van der Waals surface area contributed by atoms with Crippen LogP contribution in [0.15, 0.2) is 41.3 Å². The third-order valence-electron chi connectivity index (χ3n) is 7.46. The van der Waals surface area contributed by atoms with Crippen LogP contribution in [-0.2, 0) is 25.7 Å². The minimum Gasteiger partial charge on any atom is -0.456 e. The number of halogens is 2. The summed E-state index contributed by atoms with van der Waals surface area (Å²) in [6, 6.07) is 11.1. The highest BCUT2D eigenvalue weighted by atomic mass is 35.5. The number of sulfonamides is 1. The number of hydrogen-bond donors (Lipinski definition) is 1. The summed E-state index contributed by atoms with van der Waals surface area (Å²) in [6.07, 6.45) is 2.62. The van der Waals surface area contributed by atoms with E-state index in [4.69, 9.17) is 32.7 Å². The van der Waals surface area contributed by atoms with Gasteiger partial charge >= 0.3 is 0 Å². The largest absolute Gasteiger partial charge is 0.456 e. The summed E-state index contributed by atoms with van der Waals surface area (Å²) in [5.41, 5.74) is 0.212. The van der Waals surface area contributed by atoms with Gasteiger partial charge in [-0.2, -0.15) is 9.57 Å². The topological polar surface area (TPSA) is 103 Å². The standard InChI is InChI=1S/C28H36Cl2N3O5S2/c1-28(2,3)39(4)18-37-26-17-32(16-24(26)34)22-7-9-33(10-8-22)40(35,36)27-11-19(15-31)5-6-25(27)38-23-13-20(29)12-21(30)14-23/h5-6,11-14,22,24,26,34H,7-10,16-18H2,1-4H3/q+1/t24-,26-,39?/m0/s1. The van der Waals surface area contributed by atoms with Gasteiger partial charge in [0.1, 0.15) is 33.5 Å². The highest BCUT2D eigenvalue weighted by Crippen LogP contribution is 2.35. The van der Waals surface area contributed by atoms with E-state index in [1.807, 2.05) is 6.07 Å². The van der Waals surface area contributed by atoms with Crippen LogP contribution in [0.1, 0.15) is 39.2 Å². The molecule has 1 unspecified atom stereocenters. The van der Waals surface area contributed by atoms with Gasteiger partial charge in [0, 0.05) is 53.2 Å². The Morgan fingerprint density at radius 3 is 2.35 bits per heavy atom. The molecule has 0 saturated carbocycles. The van der Waals surface area contributed by atoms with Crippen molar-refractivity contribution in [1.29, 1.82) is 5.26 Å². The first kappa shape index (κ1) is 31.4. The van der Waals surface area contributed by atoms with Gasteiger partial charge in [-0.25, -0.2) is 8.42 Å². The van der Waals surface area contributed by atoms with Crippen molar-refractivity contribution in [1.82, 2.24) is 9.21 Å². The van der Waals surface area contributed by atoms with Crippen molar-refractivity contribution >= 4 is 44.1 Å². The summed E-state index contributed by atoms with van der Waals surface area (Å²) in [5.74, 6) is 0.995. The molecule has 2 aliphatic heterocycles. The van der Waals surface area contributed by atoms with E-state index in [-0.39, 0.29) is 44.0 Å². The molecule has 0 amide bonds. The normalized spacial score (nSPS) is 22.2. The highest BCUT2D eigenvalue weighted by molar-refractivity contribution is 7.97. The van der Waals surface area contributed by atoms with Crippen LogP contribution in [0.5, 0.6) is 11.5 Å². The van der Waals surface area contributed by atoms with Crippen molar-refractivity contribution in [2.24, 2.45) is 0 Å². The second-order valence-corrected chi connectivity index (χ2v) is 16.7. The number of aliphatic hydroxyl groups is 1. The van der Waals surface area contributed by atoms with E-state index in [2.05, 4.69) is 31.9 Å². The minimum absolute atomic E-state index is 0.0639. The summed E-state index contributed by atoms with van der Waals surface area (Å²) < 4.78 is 41.2. The van der Waals surface area contributed by atoms with E-state index >= 15 is 0 Å². The number of ether oxygens (including phenoxy) is 2. The molecule has 0 aliphatic carbocycles. The Labute approximate surface area is 250 Å². The Morgan fingerprint density at radius 1 is 1.10 bits per heavy atom. The molecule has 2 aliphatic rings. The third-order valence-corrected chi connectivity index (χ3v) is 12.4. The first-order valence-corrected chi connectivity index (χ1v) is 17.1. The summed E-state index contributed by atoms with van der Waals surface area (Å²) in [6.45, 7) is 8.34. The van der Waals surface area contributed by atoms with Crippen LogP contribution >= 0.6 is 23.2 Å². The second kappa shape index (κ2) is 12.8. The van der Waals surface area contributed by atoms with Crippen molar-refractivity contribution in [2.75, 3.05) is 38.4 Å². The molecule has 0 aromatic heterocycles. The Bertz CT molecular complexity index is 1330. The molecular weight excluding hydrogens is 593 g/mol. The SMILES string of the molecule is C[S+](CO[C@H]1CN(C2CCN(S(=O)(=O)c3cc(C#N)ccc3Oc3cc(Cl)cc(Cl)c3)CC2)C[C@@H]1O)C(C)(C)C. The zero-order valence-corrected chi connectivity index (χ0v) is 26.3. The number of rotatable bonds is 8. The predicted octanol–water partition coefficient (Wildman–Crippen LogP) is 4.88. The van der Waals surface area contributed by atoms with E-state index < -0.39 is 16.1 Å². The molecule has 2 aromatic carbocycles. The maximum atomic E-state index is 13.8. The van der Waals surface area contributed by atoms with Gasteiger partial charge in [0.25, 0.3) is 0 Å². The quantitative estimate of drug-likeness (QED) is 0.416. The van der Waals surface area contributed by atoms with Crippen LogP contribution < -0.4 is 4.74 Å². The maximum absolute atomic E-state index is 13.8. The zero-order valence-electron chi connectivity index (χ0n) is 23.1. The molecule has 2 saturated heterocycles. The van der Waals surface area contributed by atoms with Gasteiger partial charge < -0.3 is 14.6 Å². The van der Waals surface area contributed by atoms with Gasteiger partial charge in [0.05, 0.1) is 17.7 Å². The lowest BCUT2D eigenvalue weighted by atomic mass is 10.1. The van der Waals surface area contributed by atoms with Crippen LogP contribution in [0.4, 0.5) is 0 Å². The van der Waals surface area contributed by atoms with Gasteiger partial charge in [-0.05, 0) is 70.0 Å². The minimum atomic E-state index is -3.97. The Morgan fingerprint density at radius 2 is 1.75 bits per heavy atom. The van der Waals surface area contributed by atoms with Crippen LogP contribution in [-0.4, -0.2) is 84.1 Å². The highest BCUT2D eigenvalue weighted by Gasteiger charge is 2.40. The van der Waals surface area contributed by atoms with Gasteiger partial charge in [0.15, 0.2) is 0 Å². The molecule has 2 heterocycles. The molecule has 2 aromatic rings. The molecule has 4 rings (SSSR count). The Kier molecular flexibility index (Phi) is 10.0. The first-order chi connectivity index (χ1) is 18.8. The summed E-state index contributed by atoms with van der Waals surface area (Å²) in [5, 5.41) is 20.8. The Balaban J connectivity index is 1.43. The number of likely N-dealkylation sites (tertiary alicyclic amines) is 1. The summed E-state index contributed by atoms with van der Waals surface area (Å²) in [7, 11) is -3.90. The number of aliphatic hydroxyl groups excluding tert-OH is 1. The number of piperidine rings is 1. The molecule has 0 spiro atoms. The summed E-state index contributed by atoms with van der Waals surface area (Å²) >= 11 is 12.2. The van der Waals surface area contributed by atoms with E-state index in [0.717, 1.165) is 0 Å². The number of nitrogens with zero attached hydrogens (tertiary/aromatic N) is 3. The summed E-state index contributed by atoms with van der Waals surface area (Å²) in [4.78, 5) is 2.14. The molecular formula is C28H36Cl2N3O5S2+. The monoisotopic (exact) mass is 628 g/mol. The molecule has 40 heavy (non-hydrogen) atoms. The molecule has 3 atom stereocenters. The first-order valence-electron chi connectivity index (χ1n) is 13.1. The van der Waals surface area contributed by atoms with Gasteiger partial charge in [-0.3, -0.25) is 4.90 Å². The number of benzene rings is 2. The fourth-order valence-corrected chi connectivity index (χ4v) is 7.63. The number of nitriles is 1. The maximum Gasteiger partial charge on any atom is 0.246 e. The molecule has 0 radical (unpaired) electrons. The third kappa shape index (κ3) is 7.44. The lowest BCUT2D eigenvalue weighted by Gasteiger charge is -2.36. The van der Waals surface area contributed by atoms with E-state index in [9.17, 15) is 18.8 Å². The van der Waals surface area contributed by atoms with Crippen LogP contribution in [0.3, 0.4) is 0 Å². The molecule has 12 heteroatoms. The van der Waals surface area contributed by atoms with Crippen LogP contribution in [0.25, 0.3) is 0 Å². The van der Waals surface area contributed by atoms with Crippen molar-refractivity contribution in [3.8, 4) is 17.6 Å². The van der Waals surface area contributed by atoms with Crippen molar-refractivity contribution in [3.63, 3.8) is 0 Å². The van der Waals surface area contributed by atoms with Gasteiger partial charge in [0.2, 0.25) is 16.0 Å². The zero-order chi connectivity index (χ0) is 29.2. The second-order valence-electron chi connectivity index (χ2n) is 11.2. The van der Waals surface area contributed by atoms with Crippen molar-refractivity contribution < 1.29 is 23.0 Å². The van der Waals surface area contributed by atoms with Crippen molar-refractivity contribution in [3.05, 3.63) is 52.0 Å². The van der Waals surface area contributed by atoms with Crippen molar-refractivity contribution in [2.45, 2.75) is 61.5 Å². The molecule has 8 nitrogen and oxygen atoms in total. The van der Waals surface area contributed by atoms with E-state index in [0.29, 0.717) is 60.8 Å². The molecule has 1 N–H and O–H groups in total. The van der Waals surface area contributed by atoms with Crippen LogP contribution in [0.2, 0.25) is 10.0 Å². The number of hydrogen-bond acceptors (Lipinski definition) is 7. The smallest absolute Gasteiger partial charge is 0.246 e.